The fourth-order valence-electron chi connectivity index (χ4n) is 5.09. The van der Waals surface area contributed by atoms with Crippen LogP contribution >= 0.6 is 0 Å². The summed E-state index contributed by atoms with van der Waals surface area (Å²) >= 11 is 0. The molecule has 2 saturated carbocycles. The fourth-order valence-corrected chi connectivity index (χ4v) is 5.09. The molecule has 0 radical (unpaired) electrons. The average molecular weight is 256 g/mol. The van der Waals surface area contributed by atoms with Crippen molar-refractivity contribution in [1.82, 2.24) is 0 Å². The molecule has 2 aliphatic rings. The van der Waals surface area contributed by atoms with Gasteiger partial charge >= 0.3 is 0 Å². The summed E-state index contributed by atoms with van der Waals surface area (Å²) in [5, 5.41) is 0. The van der Waals surface area contributed by atoms with Crippen molar-refractivity contribution in [3.8, 4) is 0 Å². The lowest BCUT2D eigenvalue weighted by Crippen LogP contribution is -2.38. The first-order valence-electron chi connectivity index (χ1n) is 8.42. The molecule has 0 saturated heterocycles. The van der Waals surface area contributed by atoms with Crippen LogP contribution in [0.3, 0.4) is 0 Å². The van der Waals surface area contributed by atoms with Gasteiger partial charge in [0.1, 0.15) is 0 Å². The van der Waals surface area contributed by atoms with Crippen LogP contribution in [-0.4, -0.2) is 0 Å². The van der Waals surface area contributed by atoms with Crippen LogP contribution in [0.25, 0.3) is 0 Å². The Morgan fingerprint density at radius 2 is 1.74 bits per heavy atom. The van der Waals surface area contributed by atoms with E-state index in [2.05, 4.69) is 37.3 Å². The Bertz CT molecular complexity index is 394. The number of fused-ring (bicyclic) bond motifs is 1. The van der Waals surface area contributed by atoms with E-state index >= 15 is 0 Å². The first-order chi connectivity index (χ1) is 9.37. The Morgan fingerprint density at radius 3 is 2.53 bits per heavy atom. The average Bonchev–Trinajstić information content (AvgIpc) is 2.89. The quantitative estimate of drug-likeness (QED) is 0.635. The van der Waals surface area contributed by atoms with E-state index in [1.54, 1.807) is 5.56 Å². The van der Waals surface area contributed by atoms with Gasteiger partial charge in [-0.2, -0.15) is 0 Å². The number of benzene rings is 1. The maximum absolute atomic E-state index is 2.43. The van der Waals surface area contributed by atoms with E-state index in [1.807, 2.05) is 0 Å². The normalized spacial score (nSPS) is 35.4. The van der Waals surface area contributed by atoms with E-state index in [0.717, 1.165) is 11.8 Å². The maximum Gasteiger partial charge on any atom is -0.00187 e. The molecule has 2 fully saturated rings. The van der Waals surface area contributed by atoms with Crippen LogP contribution in [0.2, 0.25) is 0 Å². The zero-order chi connectivity index (χ0) is 13.1. The van der Waals surface area contributed by atoms with Gasteiger partial charge in [-0.25, -0.2) is 0 Å². The van der Waals surface area contributed by atoms with Gasteiger partial charge < -0.3 is 0 Å². The van der Waals surface area contributed by atoms with Crippen molar-refractivity contribution in [2.75, 3.05) is 0 Å². The smallest absolute Gasteiger partial charge is 0.00187 e. The summed E-state index contributed by atoms with van der Waals surface area (Å²) < 4.78 is 0. The van der Waals surface area contributed by atoms with Gasteiger partial charge in [0.25, 0.3) is 0 Å². The molecule has 0 aliphatic heterocycles. The van der Waals surface area contributed by atoms with Crippen LogP contribution < -0.4 is 0 Å². The van der Waals surface area contributed by atoms with Crippen molar-refractivity contribution in [3.05, 3.63) is 35.9 Å². The summed E-state index contributed by atoms with van der Waals surface area (Å²) in [6, 6.07) is 11.5. The second-order valence-electron chi connectivity index (χ2n) is 6.77. The zero-order valence-electron chi connectivity index (χ0n) is 12.4. The third-order valence-corrected chi connectivity index (χ3v) is 6.05. The number of rotatable bonds is 2. The SMILES string of the molecule is CCC1(c2ccccc2)CCCCCC2CCCC21. The molecule has 0 amide bonds. The highest BCUT2D eigenvalue weighted by atomic mass is 14.5. The summed E-state index contributed by atoms with van der Waals surface area (Å²) in [6.07, 6.45) is 13.1. The van der Waals surface area contributed by atoms with Crippen LogP contribution in [0.4, 0.5) is 0 Å². The first kappa shape index (κ1) is 13.2. The van der Waals surface area contributed by atoms with Crippen molar-refractivity contribution < 1.29 is 0 Å². The molecule has 1 aromatic carbocycles. The fraction of sp³-hybridized carbons (Fsp3) is 0.684. The standard InChI is InChI=1S/C19H28/c1-2-19(17-12-6-3-7-13-17)15-8-4-5-10-16-11-9-14-18(16)19/h3,6-7,12-13,16,18H,2,4-5,8-11,14-15H2,1H3. The Balaban J connectivity index is 1.99. The monoisotopic (exact) mass is 256 g/mol. The molecule has 3 atom stereocenters. The van der Waals surface area contributed by atoms with Gasteiger partial charge in [0.05, 0.1) is 0 Å². The third-order valence-electron chi connectivity index (χ3n) is 6.05. The highest BCUT2D eigenvalue weighted by Gasteiger charge is 2.44. The highest BCUT2D eigenvalue weighted by molar-refractivity contribution is 5.27. The van der Waals surface area contributed by atoms with Crippen molar-refractivity contribution in [2.45, 2.75) is 70.1 Å². The van der Waals surface area contributed by atoms with Gasteiger partial charge in [0, 0.05) is 0 Å². The molecule has 104 valence electrons. The molecule has 0 heterocycles. The molecule has 0 spiro atoms. The molecular formula is C19H28. The summed E-state index contributed by atoms with van der Waals surface area (Å²) in [5.41, 5.74) is 2.12. The molecule has 0 aromatic heterocycles. The van der Waals surface area contributed by atoms with E-state index in [-0.39, 0.29) is 0 Å². The minimum Gasteiger partial charge on any atom is -0.0645 e. The first-order valence-corrected chi connectivity index (χ1v) is 8.42. The highest BCUT2D eigenvalue weighted by Crippen LogP contribution is 2.52. The van der Waals surface area contributed by atoms with Crippen LogP contribution in [0, 0.1) is 11.8 Å². The Kier molecular flexibility index (Phi) is 3.96. The topological polar surface area (TPSA) is 0 Å². The Morgan fingerprint density at radius 1 is 0.947 bits per heavy atom. The molecule has 0 N–H and O–H groups in total. The van der Waals surface area contributed by atoms with Crippen molar-refractivity contribution in [1.29, 1.82) is 0 Å². The van der Waals surface area contributed by atoms with Crippen molar-refractivity contribution >= 4 is 0 Å². The predicted molar refractivity (Wildman–Crippen MR) is 82.3 cm³/mol. The second kappa shape index (κ2) is 5.69. The minimum absolute atomic E-state index is 0.489. The third kappa shape index (κ3) is 2.35. The summed E-state index contributed by atoms with van der Waals surface area (Å²) in [7, 11) is 0. The molecule has 2 aliphatic carbocycles. The number of hydrogen-bond donors (Lipinski definition) is 0. The van der Waals surface area contributed by atoms with Gasteiger partial charge in [0.2, 0.25) is 0 Å². The molecular weight excluding hydrogens is 228 g/mol. The molecule has 3 unspecified atom stereocenters. The summed E-state index contributed by atoms with van der Waals surface area (Å²) in [6.45, 7) is 2.43. The molecule has 0 heteroatoms. The summed E-state index contributed by atoms with van der Waals surface area (Å²) in [5.74, 6) is 1.97. The molecule has 0 bridgehead atoms. The van der Waals surface area contributed by atoms with E-state index < -0.39 is 0 Å². The van der Waals surface area contributed by atoms with Crippen LogP contribution in [0.1, 0.15) is 70.3 Å². The number of hydrogen-bond acceptors (Lipinski definition) is 0. The van der Waals surface area contributed by atoms with Gasteiger partial charge in [-0.1, -0.05) is 75.8 Å². The van der Waals surface area contributed by atoms with Gasteiger partial charge in [-0.05, 0) is 42.1 Å². The summed E-state index contributed by atoms with van der Waals surface area (Å²) in [4.78, 5) is 0. The second-order valence-corrected chi connectivity index (χ2v) is 6.77. The van der Waals surface area contributed by atoms with E-state index in [1.165, 1.54) is 57.8 Å². The molecule has 19 heavy (non-hydrogen) atoms. The lowest BCUT2D eigenvalue weighted by atomic mass is 9.60. The lowest BCUT2D eigenvalue weighted by Gasteiger charge is -2.44. The van der Waals surface area contributed by atoms with Crippen molar-refractivity contribution in [2.24, 2.45) is 11.8 Å². The van der Waals surface area contributed by atoms with Gasteiger partial charge in [-0.15, -0.1) is 0 Å². The molecule has 3 rings (SSSR count). The van der Waals surface area contributed by atoms with Gasteiger partial charge in [-0.3, -0.25) is 0 Å². The Hall–Kier alpha value is -0.780. The molecule has 0 nitrogen and oxygen atoms in total. The zero-order valence-corrected chi connectivity index (χ0v) is 12.4. The maximum atomic E-state index is 2.43. The van der Waals surface area contributed by atoms with Gasteiger partial charge in [0.15, 0.2) is 0 Å². The van der Waals surface area contributed by atoms with E-state index in [0.29, 0.717) is 5.41 Å². The van der Waals surface area contributed by atoms with Crippen LogP contribution in [0.5, 0.6) is 0 Å². The van der Waals surface area contributed by atoms with Crippen LogP contribution in [0.15, 0.2) is 30.3 Å². The largest absolute Gasteiger partial charge is 0.0645 e. The minimum atomic E-state index is 0.489. The molecule has 1 aromatic rings. The van der Waals surface area contributed by atoms with Crippen molar-refractivity contribution in [3.63, 3.8) is 0 Å². The van der Waals surface area contributed by atoms with E-state index in [9.17, 15) is 0 Å². The van der Waals surface area contributed by atoms with E-state index in [4.69, 9.17) is 0 Å². The Labute approximate surface area is 118 Å². The van der Waals surface area contributed by atoms with Crippen LogP contribution in [-0.2, 0) is 5.41 Å². The lowest BCUT2D eigenvalue weighted by molar-refractivity contribution is 0.159. The predicted octanol–water partition coefficient (Wildman–Crippen LogP) is 5.71.